The van der Waals surface area contributed by atoms with E-state index in [4.69, 9.17) is 16.3 Å². The smallest absolute Gasteiger partial charge is 0.127 e. The molecule has 2 nitrogen and oxygen atoms in total. The maximum Gasteiger partial charge on any atom is 0.127 e. The summed E-state index contributed by atoms with van der Waals surface area (Å²) in [7, 11) is 0. The molecule has 31 heavy (non-hydrogen) atoms. The van der Waals surface area contributed by atoms with Gasteiger partial charge in [-0.05, 0) is 105 Å². The summed E-state index contributed by atoms with van der Waals surface area (Å²) in [5.41, 5.74) is 2.22. The van der Waals surface area contributed by atoms with Crippen molar-refractivity contribution in [3.05, 3.63) is 53.6 Å². The van der Waals surface area contributed by atoms with Gasteiger partial charge in [-0.1, -0.05) is 41.9 Å². The summed E-state index contributed by atoms with van der Waals surface area (Å²) >= 11 is 6.23. The first-order valence-electron chi connectivity index (χ1n) is 12.0. The minimum atomic E-state index is 0. The lowest BCUT2D eigenvalue weighted by Crippen LogP contribution is -2.54. The number of nitrogens with one attached hydrogen (secondary N) is 1. The fourth-order valence-corrected chi connectivity index (χ4v) is 6.76. The van der Waals surface area contributed by atoms with Crippen molar-refractivity contribution < 1.29 is 4.74 Å². The van der Waals surface area contributed by atoms with Gasteiger partial charge in [0.1, 0.15) is 5.75 Å². The van der Waals surface area contributed by atoms with Gasteiger partial charge < -0.3 is 10.1 Å². The van der Waals surface area contributed by atoms with Crippen LogP contribution in [0.15, 0.2) is 48.5 Å². The van der Waals surface area contributed by atoms with Gasteiger partial charge in [0.2, 0.25) is 0 Å². The molecule has 0 radical (unpaired) electrons. The molecule has 0 heterocycles. The van der Waals surface area contributed by atoms with Gasteiger partial charge in [-0.2, -0.15) is 0 Å². The Hall–Kier alpha value is -1.22. The molecule has 0 atom stereocenters. The van der Waals surface area contributed by atoms with Crippen molar-refractivity contribution in [1.29, 1.82) is 0 Å². The SMILES string of the molecule is Cl.Clc1ccc(OCCCCCNC2C3CC4CC(C3)CC2C4)c(-c2ccccc2)c1. The molecule has 0 saturated heterocycles. The number of unbranched alkanes of at least 4 members (excludes halogenated alkanes) is 2. The minimum Gasteiger partial charge on any atom is -0.493 e. The third kappa shape index (κ3) is 5.41. The van der Waals surface area contributed by atoms with Crippen LogP contribution < -0.4 is 10.1 Å². The molecule has 168 valence electrons. The fraction of sp³-hybridized carbons (Fsp3) is 0.556. The molecule has 4 fully saturated rings. The van der Waals surface area contributed by atoms with Gasteiger partial charge in [0.25, 0.3) is 0 Å². The Kier molecular flexibility index (Phi) is 7.85. The van der Waals surface area contributed by atoms with Crippen molar-refractivity contribution in [2.24, 2.45) is 23.7 Å². The normalized spacial score (nSPS) is 28.4. The molecule has 6 rings (SSSR count). The van der Waals surface area contributed by atoms with E-state index in [9.17, 15) is 0 Å². The quantitative estimate of drug-likeness (QED) is 0.394. The zero-order valence-electron chi connectivity index (χ0n) is 18.3. The molecule has 2 aromatic rings. The summed E-state index contributed by atoms with van der Waals surface area (Å²) in [6.07, 6.45) is 11.1. The molecule has 4 bridgehead atoms. The van der Waals surface area contributed by atoms with Crippen molar-refractivity contribution in [3.63, 3.8) is 0 Å². The maximum absolute atomic E-state index is 6.23. The lowest BCUT2D eigenvalue weighted by atomic mass is 9.54. The Labute approximate surface area is 198 Å². The van der Waals surface area contributed by atoms with Crippen LogP contribution in [0.4, 0.5) is 0 Å². The van der Waals surface area contributed by atoms with E-state index in [-0.39, 0.29) is 12.4 Å². The Morgan fingerprint density at radius 3 is 2.26 bits per heavy atom. The molecule has 0 aliphatic heterocycles. The lowest BCUT2D eigenvalue weighted by molar-refractivity contribution is -0.0136. The van der Waals surface area contributed by atoms with Gasteiger partial charge in [-0.3, -0.25) is 0 Å². The second kappa shape index (κ2) is 10.6. The van der Waals surface area contributed by atoms with Crippen molar-refractivity contribution in [2.75, 3.05) is 13.2 Å². The van der Waals surface area contributed by atoms with Gasteiger partial charge in [0, 0.05) is 16.6 Å². The molecule has 0 unspecified atom stereocenters. The van der Waals surface area contributed by atoms with Crippen LogP contribution in [0.25, 0.3) is 11.1 Å². The Balaban J connectivity index is 0.00000231. The second-order valence-electron chi connectivity index (χ2n) is 9.83. The number of hydrogen-bond acceptors (Lipinski definition) is 2. The zero-order valence-corrected chi connectivity index (χ0v) is 19.8. The highest BCUT2D eigenvalue weighted by Gasteiger charge is 2.47. The van der Waals surface area contributed by atoms with Crippen LogP contribution >= 0.6 is 24.0 Å². The van der Waals surface area contributed by atoms with Gasteiger partial charge >= 0.3 is 0 Å². The fourth-order valence-electron chi connectivity index (χ4n) is 6.58. The molecule has 2 aromatic carbocycles. The van der Waals surface area contributed by atoms with Gasteiger partial charge in [0.15, 0.2) is 0 Å². The number of rotatable bonds is 9. The topological polar surface area (TPSA) is 21.3 Å². The molecule has 4 aliphatic carbocycles. The maximum atomic E-state index is 6.23. The largest absolute Gasteiger partial charge is 0.493 e. The summed E-state index contributed by atoms with van der Waals surface area (Å²) in [6.45, 7) is 1.93. The van der Waals surface area contributed by atoms with Crippen LogP contribution in [0.5, 0.6) is 5.75 Å². The molecule has 4 aliphatic rings. The van der Waals surface area contributed by atoms with Crippen LogP contribution in [0, 0.1) is 23.7 Å². The van der Waals surface area contributed by atoms with Gasteiger partial charge in [-0.15, -0.1) is 12.4 Å². The summed E-state index contributed by atoms with van der Waals surface area (Å²) in [5.74, 6) is 5.02. The van der Waals surface area contributed by atoms with Crippen molar-refractivity contribution >= 4 is 24.0 Å². The van der Waals surface area contributed by atoms with E-state index < -0.39 is 0 Å². The molecule has 0 aromatic heterocycles. The van der Waals surface area contributed by atoms with E-state index >= 15 is 0 Å². The first-order chi connectivity index (χ1) is 14.8. The van der Waals surface area contributed by atoms with Crippen LogP contribution in [0.3, 0.4) is 0 Å². The predicted octanol–water partition coefficient (Wildman–Crippen LogP) is 7.39. The monoisotopic (exact) mass is 459 g/mol. The molecule has 1 N–H and O–H groups in total. The van der Waals surface area contributed by atoms with Crippen molar-refractivity contribution in [1.82, 2.24) is 5.32 Å². The Bertz CT molecular complexity index is 812. The predicted molar refractivity (Wildman–Crippen MR) is 132 cm³/mol. The minimum absolute atomic E-state index is 0. The number of hydrogen-bond donors (Lipinski definition) is 1. The van der Waals surface area contributed by atoms with Gasteiger partial charge in [-0.25, -0.2) is 0 Å². The Morgan fingerprint density at radius 2 is 1.55 bits per heavy atom. The summed E-state index contributed by atoms with van der Waals surface area (Å²) in [6, 6.07) is 17.1. The highest BCUT2D eigenvalue weighted by atomic mass is 35.5. The van der Waals surface area contributed by atoms with E-state index in [0.717, 1.165) is 64.6 Å². The number of ether oxygens (including phenoxy) is 1. The van der Waals surface area contributed by atoms with Gasteiger partial charge in [0.05, 0.1) is 6.61 Å². The third-order valence-electron chi connectivity index (χ3n) is 7.71. The molecule has 0 spiro atoms. The van der Waals surface area contributed by atoms with Crippen LogP contribution in [0.1, 0.15) is 51.4 Å². The molecule has 4 saturated carbocycles. The summed E-state index contributed by atoms with van der Waals surface area (Å²) in [4.78, 5) is 0. The molecular weight excluding hydrogens is 425 g/mol. The van der Waals surface area contributed by atoms with Crippen LogP contribution in [0.2, 0.25) is 5.02 Å². The lowest BCUT2D eigenvalue weighted by Gasteiger charge is -2.54. The summed E-state index contributed by atoms with van der Waals surface area (Å²) in [5, 5.41) is 4.70. The number of benzene rings is 2. The van der Waals surface area contributed by atoms with E-state index in [2.05, 4.69) is 29.6 Å². The van der Waals surface area contributed by atoms with E-state index in [1.807, 2.05) is 24.3 Å². The Morgan fingerprint density at radius 1 is 0.839 bits per heavy atom. The van der Waals surface area contributed by atoms with E-state index in [1.54, 1.807) is 6.42 Å². The first-order valence-corrected chi connectivity index (χ1v) is 12.3. The zero-order chi connectivity index (χ0) is 20.3. The van der Waals surface area contributed by atoms with Crippen LogP contribution in [-0.2, 0) is 0 Å². The molecular formula is C27H35Cl2NO. The van der Waals surface area contributed by atoms with Crippen LogP contribution in [-0.4, -0.2) is 19.2 Å². The van der Waals surface area contributed by atoms with E-state index in [0.29, 0.717) is 0 Å². The molecule has 4 heteroatoms. The second-order valence-corrected chi connectivity index (χ2v) is 10.3. The third-order valence-corrected chi connectivity index (χ3v) is 7.95. The number of halogens is 2. The first kappa shape index (κ1) is 23.0. The van der Waals surface area contributed by atoms with Crippen molar-refractivity contribution in [2.45, 2.75) is 57.4 Å². The average molecular weight is 460 g/mol. The summed E-state index contributed by atoms with van der Waals surface area (Å²) < 4.78 is 6.14. The molecule has 0 amide bonds. The highest BCUT2D eigenvalue weighted by molar-refractivity contribution is 6.31. The van der Waals surface area contributed by atoms with Crippen molar-refractivity contribution in [3.8, 4) is 16.9 Å². The standard InChI is InChI=1S/C27H34ClNO.ClH/c28-24-9-10-26(25(18-24)21-7-3-1-4-8-21)30-12-6-2-5-11-29-27-22-14-19-13-20(16-22)17-23(27)15-19;/h1,3-4,7-10,18-20,22-23,27,29H,2,5-6,11-17H2;1H. The highest BCUT2D eigenvalue weighted by Crippen LogP contribution is 2.53. The van der Waals surface area contributed by atoms with E-state index in [1.165, 1.54) is 45.1 Å². The average Bonchev–Trinajstić information content (AvgIpc) is 2.75.